The van der Waals surface area contributed by atoms with Crippen LogP contribution in [0, 0.1) is 17.8 Å². The summed E-state index contributed by atoms with van der Waals surface area (Å²) < 4.78 is 5.26. The molecular weight excluding hydrogens is 430 g/mol. The molecule has 8 heteroatoms. The van der Waals surface area contributed by atoms with Crippen molar-refractivity contribution in [2.24, 2.45) is 17.8 Å². The molecule has 2 atom stereocenters. The molecule has 0 radical (unpaired) electrons. The second-order valence-electron chi connectivity index (χ2n) is 10.6. The first-order valence-electron chi connectivity index (χ1n) is 12.5. The Morgan fingerprint density at radius 2 is 1.71 bits per heavy atom. The van der Waals surface area contributed by atoms with Gasteiger partial charge < -0.3 is 25.0 Å². The lowest BCUT2D eigenvalue weighted by Gasteiger charge is -2.58. The molecule has 4 aliphatic carbocycles. The number of piperazine rings is 1. The summed E-state index contributed by atoms with van der Waals surface area (Å²) in [7, 11) is 1.68. The van der Waals surface area contributed by atoms with E-state index < -0.39 is 5.60 Å². The molecule has 5 aliphatic rings. The maximum atomic E-state index is 13.1. The lowest BCUT2D eigenvalue weighted by molar-refractivity contribution is -0.136. The normalized spacial score (nSPS) is 32.1. The lowest BCUT2D eigenvalue weighted by atomic mass is 9.52. The van der Waals surface area contributed by atoms with Crippen LogP contribution in [0.2, 0.25) is 0 Å². The molecular formula is C26H33N5O3. The van der Waals surface area contributed by atoms with Crippen LogP contribution in [-0.2, 0) is 0 Å². The topological polar surface area (TPSA) is 90.8 Å². The van der Waals surface area contributed by atoms with Crippen LogP contribution in [0.25, 0.3) is 0 Å². The molecule has 1 aliphatic heterocycles. The molecule has 5 fully saturated rings. The number of anilines is 2. The van der Waals surface area contributed by atoms with Gasteiger partial charge in [-0.25, -0.2) is 9.97 Å². The maximum Gasteiger partial charge on any atom is 0.270 e. The van der Waals surface area contributed by atoms with Gasteiger partial charge in [0.25, 0.3) is 5.91 Å². The zero-order chi connectivity index (χ0) is 23.3. The van der Waals surface area contributed by atoms with Crippen LogP contribution in [0.3, 0.4) is 0 Å². The monoisotopic (exact) mass is 463 g/mol. The number of ether oxygens (including phenoxy) is 1. The number of methoxy groups -OCH3 is 1. The number of carbonyl (C=O) groups is 1. The summed E-state index contributed by atoms with van der Waals surface area (Å²) in [4.78, 5) is 26.7. The second kappa shape index (κ2) is 8.41. The number of rotatable bonds is 5. The number of hydrogen-bond acceptors (Lipinski definition) is 7. The van der Waals surface area contributed by atoms with E-state index in [1.54, 1.807) is 19.4 Å². The Labute approximate surface area is 200 Å². The fraction of sp³-hybridized carbons (Fsp3) is 0.577. The van der Waals surface area contributed by atoms with Gasteiger partial charge in [-0.2, -0.15) is 0 Å². The van der Waals surface area contributed by atoms with Crippen LogP contribution in [0.4, 0.5) is 11.6 Å². The summed E-state index contributed by atoms with van der Waals surface area (Å²) in [6, 6.07) is 9.98. The van der Waals surface area contributed by atoms with Gasteiger partial charge in [0.1, 0.15) is 11.4 Å². The molecule has 1 amide bonds. The number of aliphatic hydroxyl groups is 1. The van der Waals surface area contributed by atoms with Gasteiger partial charge >= 0.3 is 0 Å². The van der Waals surface area contributed by atoms with Gasteiger partial charge in [0.05, 0.1) is 12.7 Å². The van der Waals surface area contributed by atoms with Gasteiger partial charge in [0.2, 0.25) is 5.95 Å². The zero-order valence-electron chi connectivity index (χ0n) is 19.7. The van der Waals surface area contributed by atoms with E-state index in [-0.39, 0.29) is 11.9 Å². The van der Waals surface area contributed by atoms with Crippen molar-refractivity contribution in [3.63, 3.8) is 0 Å². The highest BCUT2D eigenvalue weighted by Gasteiger charge is 2.55. The minimum atomic E-state index is -0.492. The smallest absolute Gasteiger partial charge is 0.270 e. The van der Waals surface area contributed by atoms with Crippen LogP contribution in [0.1, 0.15) is 42.6 Å². The first-order chi connectivity index (χ1) is 16.5. The lowest BCUT2D eigenvalue weighted by Crippen LogP contribution is -2.61. The first kappa shape index (κ1) is 21.6. The molecule has 2 N–H and O–H groups in total. The molecule has 180 valence electrons. The summed E-state index contributed by atoms with van der Waals surface area (Å²) in [6.07, 6.45) is 6.51. The molecule has 7 rings (SSSR count). The molecule has 2 heterocycles. The van der Waals surface area contributed by atoms with E-state index in [0.717, 1.165) is 64.0 Å². The van der Waals surface area contributed by atoms with Gasteiger partial charge in [0.15, 0.2) is 0 Å². The van der Waals surface area contributed by atoms with Gasteiger partial charge in [0, 0.05) is 44.1 Å². The summed E-state index contributed by atoms with van der Waals surface area (Å²) in [5.41, 5.74) is 1.11. The Bertz CT molecular complexity index is 1040. The average molecular weight is 464 g/mol. The first-order valence-corrected chi connectivity index (χ1v) is 12.5. The number of aromatic nitrogens is 2. The van der Waals surface area contributed by atoms with Crippen LogP contribution in [0.15, 0.2) is 36.5 Å². The van der Waals surface area contributed by atoms with Crippen LogP contribution in [0.5, 0.6) is 5.75 Å². The number of nitrogens with one attached hydrogen (secondary N) is 1. The van der Waals surface area contributed by atoms with Crippen molar-refractivity contribution >= 4 is 17.5 Å². The fourth-order valence-corrected chi connectivity index (χ4v) is 7.03. The van der Waals surface area contributed by atoms with Crippen LogP contribution >= 0.6 is 0 Å². The van der Waals surface area contributed by atoms with Crippen molar-refractivity contribution in [1.29, 1.82) is 0 Å². The van der Waals surface area contributed by atoms with Crippen LogP contribution < -0.4 is 19.9 Å². The Kier molecular flexibility index (Phi) is 5.36. The van der Waals surface area contributed by atoms with Gasteiger partial charge in [-0.05, 0) is 80.2 Å². The molecule has 34 heavy (non-hydrogen) atoms. The Morgan fingerprint density at radius 1 is 1.03 bits per heavy atom. The van der Waals surface area contributed by atoms with E-state index in [0.29, 0.717) is 29.4 Å². The van der Waals surface area contributed by atoms with Crippen molar-refractivity contribution in [3.05, 3.63) is 42.2 Å². The third kappa shape index (κ3) is 3.98. The molecule has 4 bridgehead atoms. The SMILES string of the molecule is COc1ccc(N2CCN(c3nccc(C(=O)N[C@H]4C5CC6CC4C[C@](O)(C6)C5)n3)CC2)cc1. The summed E-state index contributed by atoms with van der Waals surface area (Å²) in [5, 5.41) is 14.1. The quantitative estimate of drug-likeness (QED) is 0.704. The number of amides is 1. The molecule has 2 aromatic rings. The van der Waals surface area contributed by atoms with Crippen molar-refractivity contribution in [1.82, 2.24) is 15.3 Å². The fourth-order valence-electron chi connectivity index (χ4n) is 7.03. The minimum absolute atomic E-state index is 0.120. The van der Waals surface area contributed by atoms with Crippen molar-refractivity contribution in [2.45, 2.75) is 43.7 Å². The Balaban J connectivity index is 1.09. The van der Waals surface area contributed by atoms with Crippen LogP contribution in [-0.4, -0.2) is 65.9 Å². The maximum absolute atomic E-state index is 13.1. The largest absolute Gasteiger partial charge is 0.497 e. The molecule has 1 aromatic carbocycles. The molecule has 2 unspecified atom stereocenters. The van der Waals surface area contributed by atoms with Crippen molar-refractivity contribution in [2.75, 3.05) is 43.1 Å². The van der Waals surface area contributed by atoms with E-state index in [1.165, 1.54) is 5.69 Å². The highest BCUT2D eigenvalue weighted by atomic mass is 16.5. The Hall–Kier alpha value is -2.87. The predicted octanol–water partition coefficient (Wildman–Crippen LogP) is 2.48. The predicted molar refractivity (Wildman–Crippen MR) is 129 cm³/mol. The van der Waals surface area contributed by atoms with E-state index >= 15 is 0 Å². The molecule has 4 saturated carbocycles. The number of carbonyl (C=O) groups excluding carboxylic acids is 1. The molecule has 1 aromatic heterocycles. The second-order valence-corrected chi connectivity index (χ2v) is 10.6. The van der Waals surface area contributed by atoms with Crippen molar-refractivity contribution < 1.29 is 14.6 Å². The van der Waals surface area contributed by atoms with Gasteiger partial charge in [-0.15, -0.1) is 0 Å². The van der Waals surface area contributed by atoms with Gasteiger partial charge in [-0.1, -0.05) is 0 Å². The van der Waals surface area contributed by atoms with E-state index in [4.69, 9.17) is 4.74 Å². The van der Waals surface area contributed by atoms with Gasteiger partial charge in [-0.3, -0.25) is 4.79 Å². The number of benzene rings is 1. The summed E-state index contributed by atoms with van der Waals surface area (Å²) in [5.74, 6) is 2.74. The third-order valence-electron chi connectivity index (χ3n) is 8.41. The highest BCUT2D eigenvalue weighted by Crippen LogP contribution is 2.55. The third-order valence-corrected chi connectivity index (χ3v) is 8.41. The molecule has 8 nitrogen and oxygen atoms in total. The van der Waals surface area contributed by atoms with E-state index in [1.807, 2.05) is 12.1 Å². The van der Waals surface area contributed by atoms with Crippen molar-refractivity contribution in [3.8, 4) is 5.75 Å². The minimum Gasteiger partial charge on any atom is -0.497 e. The summed E-state index contributed by atoms with van der Waals surface area (Å²) in [6.45, 7) is 3.32. The number of hydrogen-bond donors (Lipinski definition) is 2. The molecule has 0 spiro atoms. The standard InChI is InChI=1S/C26H33N5O3/c1-34-21-4-2-20(3-5-21)30-8-10-31(11-9-30)25-27-7-6-22(28-25)24(32)29-23-18-12-17-13-19(23)16-26(33,14-17)15-18/h2-7,17-19,23,33H,8-16H2,1H3,(H,29,32)/t17?,18?,19?,23-,26-. The highest BCUT2D eigenvalue weighted by molar-refractivity contribution is 5.92. The molecule has 1 saturated heterocycles. The summed E-state index contributed by atoms with van der Waals surface area (Å²) >= 11 is 0. The zero-order valence-corrected chi connectivity index (χ0v) is 19.7. The van der Waals surface area contributed by atoms with E-state index in [9.17, 15) is 9.90 Å². The average Bonchev–Trinajstić information content (AvgIpc) is 2.85. The Morgan fingerprint density at radius 3 is 2.35 bits per heavy atom. The number of nitrogens with zero attached hydrogens (tertiary/aromatic N) is 4. The van der Waals surface area contributed by atoms with E-state index in [2.05, 4.69) is 37.2 Å².